The van der Waals surface area contributed by atoms with Gasteiger partial charge in [0.1, 0.15) is 6.07 Å². The SMILES string of the molecule is CC(C)c1ccc(NC(=O)NC2CN(c3ccc(C#N)nn3)C2)cc1. The van der Waals surface area contributed by atoms with Crippen molar-refractivity contribution in [2.75, 3.05) is 23.3 Å². The van der Waals surface area contributed by atoms with Crippen LogP contribution in [0.4, 0.5) is 16.3 Å². The Morgan fingerprint density at radius 1 is 1.20 bits per heavy atom. The fourth-order valence-corrected chi connectivity index (χ4v) is 2.61. The Balaban J connectivity index is 1.46. The summed E-state index contributed by atoms with van der Waals surface area (Å²) in [6, 6.07) is 13.1. The zero-order valence-corrected chi connectivity index (χ0v) is 14.2. The Bertz CT molecular complexity index is 773. The first-order chi connectivity index (χ1) is 12.0. The van der Waals surface area contributed by atoms with E-state index in [0.717, 1.165) is 5.69 Å². The summed E-state index contributed by atoms with van der Waals surface area (Å²) in [6.07, 6.45) is 0. The Kier molecular flexibility index (Phi) is 4.80. The molecule has 2 aromatic rings. The van der Waals surface area contributed by atoms with Crippen LogP contribution in [-0.2, 0) is 0 Å². The molecule has 0 aliphatic carbocycles. The van der Waals surface area contributed by atoms with E-state index >= 15 is 0 Å². The molecule has 2 N–H and O–H groups in total. The molecule has 25 heavy (non-hydrogen) atoms. The smallest absolute Gasteiger partial charge is 0.319 e. The van der Waals surface area contributed by atoms with Gasteiger partial charge in [0.05, 0.1) is 6.04 Å². The van der Waals surface area contributed by atoms with Gasteiger partial charge >= 0.3 is 6.03 Å². The molecule has 0 saturated carbocycles. The van der Waals surface area contributed by atoms with Crippen LogP contribution in [0.25, 0.3) is 0 Å². The second kappa shape index (κ2) is 7.18. The lowest BCUT2D eigenvalue weighted by molar-refractivity contribution is 0.245. The van der Waals surface area contributed by atoms with Crippen molar-refractivity contribution in [1.29, 1.82) is 5.26 Å². The molecule has 0 radical (unpaired) electrons. The maximum Gasteiger partial charge on any atom is 0.319 e. The first kappa shape index (κ1) is 16.7. The van der Waals surface area contributed by atoms with Crippen molar-refractivity contribution in [3.8, 4) is 6.07 Å². The summed E-state index contributed by atoms with van der Waals surface area (Å²) in [7, 11) is 0. The summed E-state index contributed by atoms with van der Waals surface area (Å²) in [6.45, 7) is 5.60. The molecule has 0 atom stereocenters. The molecule has 7 heteroatoms. The largest absolute Gasteiger partial charge is 0.351 e. The van der Waals surface area contributed by atoms with Crippen LogP contribution in [-0.4, -0.2) is 35.4 Å². The molecule has 1 aromatic heterocycles. The van der Waals surface area contributed by atoms with Gasteiger partial charge in [0.2, 0.25) is 0 Å². The Labute approximate surface area is 146 Å². The number of carbonyl (C=O) groups is 1. The molecule has 2 heterocycles. The number of urea groups is 1. The van der Waals surface area contributed by atoms with Crippen molar-refractivity contribution in [3.63, 3.8) is 0 Å². The second-order valence-electron chi connectivity index (χ2n) is 6.37. The third-order valence-electron chi connectivity index (χ3n) is 4.14. The third kappa shape index (κ3) is 4.04. The number of nitrogens with one attached hydrogen (secondary N) is 2. The van der Waals surface area contributed by atoms with Gasteiger partial charge in [-0.3, -0.25) is 0 Å². The van der Waals surface area contributed by atoms with E-state index in [2.05, 4.69) is 34.7 Å². The van der Waals surface area contributed by atoms with Gasteiger partial charge in [0, 0.05) is 18.8 Å². The maximum absolute atomic E-state index is 12.1. The van der Waals surface area contributed by atoms with Gasteiger partial charge < -0.3 is 15.5 Å². The third-order valence-corrected chi connectivity index (χ3v) is 4.14. The van der Waals surface area contributed by atoms with Crippen molar-refractivity contribution in [2.45, 2.75) is 25.8 Å². The fraction of sp³-hybridized carbons (Fsp3) is 0.333. The van der Waals surface area contributed by atoms with Crippen LogP contribution < -0.4 is 15.5 Å². The number of amides is 2. The maximum atomic E-state index is 12.1. The van der Waals surface area contributed by atoms with Gasteiger partial charge in [-0.2, -0.15) is 5.26 Å². The van der Waals surface area contributed by atoms with Gasteiger partial charge in [-0.15, -0.1) is 10.2 Å². The average Bonchev–Trinajstić information content (AvgIpc) is 2.58. The van der Waals surface area contributed by atoms with Crippen LogP contribution >= 0.6 is 0 Å². The summed E-state index contributed by atoms with van der Waals surface area (Å²) in [5, 5.41) is 22.3. The molecule has 3 rings (SSSR count). The average molecular weight is 336 g/mol. The van der Waals surface area contributed by atoms with Crippen molar-refractivity contribution in [3.05, 3.63) is 47.7 Å². The molecule has 1 aliphatic heterocycles. The summed E-state index contributed by atoms with van der Waals surface area (Å²) >= 11 is 0. The minimum Gasteiger partial charge on any atom is -0.351 e. The number of hydrogen-bond donors (Lipinski definition) is 2. The number of anilines is 2. The summed E-state index contributed by atoms with van der Waals surface area (Å²) < 4.78 is 0. The highest BCUT2D eigenvalue weighted by Gasteiger charge is 2.29. The number of nitrogens with zero attached hydrogens (tertiary/aromatic N) is 4. The van der Waals surface area contributed by atoms with Gasteiger partial charge in [0.25, 0.3) is 0 Å². The molecular weight excluding hydrogens is 316 g/mol. The summed E-state index contributed by atoms with van der Waals surface area (Å²) in [5.41, 5.74) is 2.31. The first-order valence-electron chi connectivity index (χ1n) is 8.21. The summed E-state index contributed by atoms with van der Waals surface area (Å²) in [5.74, 6) is 1.18. The van der Waals surface area contributed by atoms with Gasteiger partial charge in [-0.1, -0.05) is 26.0 Å². The minimum absolute atomic E-state index is 0.0624. The number of rotatable bonds is 4. The molecule has 1 fully saturated rings. The van der Waals surface area contributed by atoms with E-state index in [0.29, 0.717) is 30.5 Å². The second-order valence-corrected chi connectivity index (χ2v) is 6.37. The zero-order valence-electron chi connectivity index (χ0n) is 14.2. The predicted octanol–water partition coefficient (Wildman–Crippen LogP) is 2.48. The molecule has 2 amide bonds. The van der Waals surface area contributed by atoms with E-state index in [1.54, 1.807) is 12.1 Å². The first-order valence-corrected chi connectivity index (χ1v) is 8.21. The van der Waals surface area contributed by atoms with Crippen LogP contribution in [0.1, 0.15) is 31.0 Å². The van der Waals surface area contributed by atoms with Crippen molar-refractivity contribution in [2.24, 2.45) is 0 Å². The van der Waals surface area contributed by atoms with E-state index in [4.69, 9.17) is 5.26 Å². The topological polar surface area (TPSA) is 93.9 Å². The highest BCUT2D eigenvalue weighted by molar-refractivity contribution is 5.89. The summed E-state index contributed by atoms with van der Waals surface area (Å²) in [4.78, 5) is 14.1. The lowest BCUT2D eigenvalue weighted by Crippen LogP contribution is -2.60. The number of benzene rings is 1. The number of carbonyl (C=O) groups excluding carboxylic acids is 1. The van der Waals surface area contributed by atoms with Crippen LogP contribution in [0.5, 0.6) is 0 Å². The van der Waals surface area contributed by atoms with Crippen molar-refractivity contribution < 1.29 is 4.79 Å². The quantitative estimate of drug-likeness (QED) is 0.894. The normalized spacial score (nSPS) is 13.9. The van der Waals surface area contributed by atoms with Gasteiger partial charge in [-0.25, -0.2) is 4.79 Å². The van der Waals surface area contributed by atoms with Crippen molar-refractivity contribution >= 4 is 17.5 Å². The number of hydrogen-bond acceptors (Lipinski definition) is 5. The van der Waals surface area contributed by atoms with E-state index in [1.807, 2.05) is 35.2 Å². The molecule has 0 spiro atoms. The molecule has 1 aromatic carbocycles. The van der Waals surface area contributed by atoms with Crippen molar-refractivity contribution in [1.82, 2.24) is 15.5 Å². The van der Waals surface area contributed by atoms with Crippen LogP contribution in [0.2, 0.25) is 0 Å². The highest BCUT2D eigenvalue weighted by Crippen LogP contribution is 2.19. The van der Waals surface area contributed by atoms with Gasteiger partial charge in [-0.05, 0) is 35.7 Å². The molecule has 128 valence electrons. The molecular formula is C18H20N6O. The molecule has 1 aliphatic rings. The van der Waals surface area contributed by atoms with Crippen LogP contribution in [0.15, 0.2) is 36.4 Å². The zero-order chi connectivity index (χ0) is 17.8. The van der Waals surface area contributed by atoms with E-state index in [9.17, 15) is 4.79 Å². The molecule has 0 bridgehead atoms. The standard InChI is InChI=1S/C18H20N6O/c1-12(2)13-3-5-14(6-4-13)20-18(25)21-16-10-24(11-16)17-8-7-15(9-19)22-23-17/h3-8,12,16H,10-11H2,1-2H3,(H2,20,21,25). The van der Waals surface area contributed by atoms with E-state index in [1.165, 1.54) is 5.56 Å². The Morgan fingerprint density at radius 2 is 1.92 bits per heavy atom. The van der Waals surface area contributed by atoms with E-state index < -0.39 is 0 Å². The molecule has 7 nitrogen and oxygen atoms in total. The monoisotopic (exact) mass is 336 g/mol. The van der Waals surface area contributed by atoms with Gasteiger partial charge in [0.15, 0.2) is 11.5 Å². The lowest BCUT2D eigenvalue weighted by Gasteiger charge is -2.39. The fourth-order valence-electron chi connectivity index (χ4n) is 2.61. The lowest BCUT2D eigenvalue weighted by atomic mass is 10.0. The molecule has 0 unspecified atom stereocenters. The van der Waals surface area contributed by atoms with E-state index in [-0.39, 0.29) is 12.1 Å². The van der Waals surface area contributed by atoms with Crippen LogP contribution in [0, 0.1) is 11.3 Å². The number of nitriles is 1. The Morgan fingerprint density at radius 3 is 2.48 bits per heavy atom. The predicted molar refractivity (Wildman–Crippen MR) is 95.4 cm³/mol. The van der Waals surface area contributed by atoms with Crippen LogP contribution in [0.3, 0.4) is 0 Å². The highest BCUT2D eigenvalue weighted by atomic mass is 16.2. The number of aromatic nitrogens is 2. The minimum atomic E-state index is -0.215. The molecule has 1 saturated heterocycles. The Hall–Kier alpha value is -3.14.